The van der Waals surface area contributed by atoms with Crippen molar-refractivity contribution >= 4 is 29.1 Å². The number of nitrogens with zero attached hydrogens (tertiary/aromatic N) is 6. The topological polar surface area (TPSA) is 67.2 Å². The Morgan fingerprint density at radius 1 is 0.974 bits per heavy atom. The minimum absolute atomic E-state index is 0.111. The molecule has 4 rings (SSSR count). The average Bonchev–Trinajstić information content (AvgIpc) is 3.31. The van der Waals surface area contributed by atoms with Gasteiger partial charge in [-0.1, -0.05) is 63.2 Å². The summed E-state index contributed by atoms with van der Waals surface area (Å²) in [5.74, 6) is 1.65. The van der Waals surface area contributed by atoms with Crippen molar-refractivity contribution in [2.24, 2.45) is 12.5 Å². The Morgan fingerprint density at radius 3 is 2.33 bits per heavy atom. The molecule has 2 aromatic carbocycles. The zero-order chi connectivity index (χ0) is 28.2. The Morgan fingerprint density at radius 2 is 1.67 bits per heavy atom. The van der Waals surface area contributed by atoms with E-state index in [1.165, 1.54) is 0 Å². The van der Waals surface area contributed by atoms with E-state index in [-0.39, 0.29) is 5.41 Å². The molecule has 0 fully saturated rings. The van der Waals surface area contributed by atoms with E-state index >= 15 is 0 Å². The second kappa shape index (κ2) is 11.6. The maximum Gasteiger partial charge on any atom is 0.150 e. The lowest BCUT2D eigenvalue weighted by molar-refractivity contribution is 0.112. The fraction of sp³-hybridized carbons (Fsp3) is 0.312. The quantitative estimate of drug-likeness (QED) is 0.190. The van der Waals surface area contributed by atoms with Crippen LogP contribution in [0.4, 0.5) is 5.82 Å². The lowest BCUT2D eigenvalue weighted by Gasteiger charge is -2.25. The van der Waals surface area contributed by atoms with Crippen molar-refractivity contribution in [1.29, 1.82) is 0 Å². The van der Waals surface area contributed by atoms with Gasteiger partial charge in [-0.05, 0) is 41.7 Å². The zero-order valence-electron chi connectivity index (χ0n) is 24.0. The lowest BCUT2D eigenvalue weighted by Crippen LogP contribution is -2.22. The molecule has 0 saturated heterocycles. The van der Waals surface area contributed by atoms with Crippen LogP contribution in [0.1, 0.15) is 55.0 Å². The van der Waals surface area contributed by atoms with Gasteiger partial charge in [0.25, 0.3) is 0 Å². The molecule has 0 amide bonds. The van der Waals surface area contributed by atoms with Gasteiger partial charge >= 0.3 is 0 Å². The van der Waals surface area contributed by atoms with Crippen LogP contribution in [0.5, 0.6) is 0 Å². The molecule has 39 heavy (non-hydrogen) atoms. The molecule has 0 saturated carbocycles. The van der Waals surface area contributed by atoms with Crippen LogP contribution in [0.25, 0.3) is 17.0 Å². The van der Waals surface area contributed by atoms with E-state index in [1.807, 2.05) is 66.6 Å². The number of fused-ring (bicyclic) bond motifs is 1. The molecule has 0 atom stereocenters. The van der Waals surface area contributed by atoms with Gasteiger partial charge in [0, 0.05) is 56.1 Å². The minimum atomic E-state index is -0.111. The normalized spacial score (nSPS) is 12.6. The summed E-state index contributed by atoms with van der Waals surface area (Å²) in [6.07, 6.45) is 9.12. The number of carbonyl (C=O) groups is 1. The van der Waals surface area contributed by atoms with Crippen molar-refractivity contribution in [3.8, 4) is 0 Å². The first-order valence-corrected chi connectivity index (χ1v) is 13.2. The second-order valence-corrected chi connectivity index (χ2v) is 11.1. The highest BCUT2D eigenvalue weighted by atomic mass is 16.1. The van der Waals surface area contributed by atoms with Gasteiger partial charge in [-0.25, -0.2) is 9.97 Å². The first kappa shape index (κ1) is 27.8. The van der Waals surface area contributed by atoms with Crippen molar-refractivity contribution < 1.29 is 4.79 Å². The molecule has 7 nitrogen and oxygen atoms in total. The van der Waals surface area contributed by atoms with Crippen LogP contribution in [0, 0.1) is 5.41 Å². The molecule has 0 spiro atoms. The zero-order valence-corrected chi connectivity index (χ0v) is 24.0. The summed E-state index contributed by atoms with van der Waals surface area (Å²) in [6, 6.07) is 15.8. The second-order valence-electron chi connectivity index (χ2n) is 11.1. The summed E-state index contributed by atoms with van der Waals surface area (Å²) in [7, 11) is 6.04. The predicted octanol–water partition coefficient (Wildman–Crippen LogP) is 6.28. The standard InChI is InChI=1S/C32H38N6O/c1-23(16-27(32(2,3)4)17-25-12-8-9-13-26(25)22-39)36(5)21-30-34-29-15-11-10-14-28(29)31(35-30)37(6)19-24-18-33-38(7)20-24/h8-18,20,22H,19,21H2,1-7H3/b23-16+,27-17+. The molecular formula is C32H38N6O. The third-order valence-corrected chi connectivity index (χ3v) is 6.81. The number of aromatic nitrogens is 4. The van der Waals surface area contributed by atoms with Crippen molar-refractivity contribution in [3.63, 3.8) is 0 Å². The average molecular weight is 523 g/mol. The Labute approximate surface area is 231 Å². The largest absolute Gasteiger partial charge is 0.371 e. The number of rotatable bonds is 9. The Bertz CT molecular complexity index is 1530. The van der Waals surface area contributed by atoms with Crippen LogP contribution in [-0.4, -0.2) is 45.0 Å². The van der Waals surface area contributed by atoms with Gasteiger partial charge < -0.3 is 9.80 Å². The summed E-state index contributed by atoms with van der Waals surface area (Å²) in [4.78, 5) is 25.8. The smallest absolute Gasteiger partial charge is 0.150 e. The number of para-hydroxylation sites is 1. The van der Waals surface area contributed by atoms with E-state index in [0.29, 0.717) is 18.7 Å². The third-order valence-electron chi connectivity index (χ3n) is 6.81. The summed E-state index contributed by atoms with van der Waals surface area (Å²) < 4.78 is 1.81. The van der Waals surface area contributed by atoms with E-state index in [9.17, 15) is 4.79 Å². The molecule has 0 unspecified atom stereocenters. The number of carbonyl (C=O) groups excluding carboxylic acids is 1. The van der Waals surface area contributed by atoms with Gasteiger partial charge in [0.2, 0.25) is 0 Å². The molecule has 0 radical (unpaired) electrons. The molecule has 4 aromatic rings. The SMILES string of the molecule is C/C(=C\C(=C/c1ccccc1C=O)C(C)(C)C)N(C)Cc1nc(N(C)Cc2cnn(C)c2)c2ccccc2n1. The highest BCUT2D eigenvalue weighted by Gasteiger charge is 2.18. The van der Waals surface area contributed by atoms with Gasteiger partial charge in [-0.3, -0.25) is 9.48 Å². The fourth-order valence-electron chi connectivity index (χ4n) is 4.43. The van der Waals surface area contributed by atoms with Crippen LogP contribution in [0.2, 0.25) is 0 Å². The van der Waals surface area contributed by atoms with Crippen LogP contribution >= 0.6 is 0 Å². The van der Waals surface area contributed by atoms with E-state index in [1.54, 1.807) is 0 Å². The number of anilines is 1. The van der Waals surface area contributed by atoms with Crippen LogP contribution < -0.4 is 4.90 Å². The Kier molecular flexibility index (Phi) is 8.29. The highest BCUT2D eigenvalue weighted by molar-refractivity contribution is 5.89. The number of hydrogen-bond acceptors (Lipinski definition) is 6. The molecule has 0 aliphatic rings. The maximum atomic E-state index is 11.6. The molecule has 0 N–H and O–H groups in total. The van der Waals surface area contributed by atoms with Crippen LogP contribution in [0.3, 0.4) is 0 Å². The van der Waals surface area contributed by atoms with Crippen LogP contribution in [-0.2, 0) is 20.1 Å². The van der Waals surface area contributed by atoms with Crippen molar-refractivity contribution in [3.05, 3.63) is 101 Å². The fourth-order valence-corrected chi connectivity index (χ4v) is 4.43. The Hall–Kier alpha value is -4.26. The predicted molar refractivity (Wildman–Crippen MR) is 159 cm³/mol. The van der Waals surface area contributed by atoms with Gasteiger partial charge in [0.15, 0.2) is 12.1 Å². The number of hydrogen-bond donors (Lipinski definition) is 0. The van der Waals surface area contributed by atoms with Crippen molar-refractivity contribution in [2.75, 3.05) is 19.0 Å². The molecule has 2 heterocycles. The van der Waals surface area contributed by atoms with E-state index in [2.05, 4.69) is 74.9 Å². The van der Waals surface area contributed by atoms with E-state index in [0.717, 1.165) is 51.2 Å². The molecule has 7 heteroatoms. The molecule has 0 aliphatic heterocycles. The molecular weight excluding hydrogens is 484 g/mol. The van der Waals surface area contributed by atoms with Crippen molar-refractivity contribution in [2.45, 2.75) is 40.8 Å². The Balaban J connectivity index is 1.64. The summed E-state index contributed by atoms with van der Waals surface area (Å²) in [5.41, 5.74) is 5.76. The summed E-state index contributed by atoms with van der Waals surface area (Å²) in [6.45, 7) is 9.91. The first-order chi connectivity index (χ1) is 18.5. The van der Waals surface area contributed by atoms with Gasteiger partial charge in [-0.2, -0.15) is 5.10 Å². The van der Waals surface area contributed by atoms with E-state index < -0.39 is 0 Å². The number of allylic oxidation sites excluding steroid dienone is 3. The number of aryl methyl sites for hydroxylation is 1. The molecule has 0 bridgehead atoms. The third kappa shape index (κ3) is 6.79. The monoisotopic (exact) mass is 522 g/mol. The first-order valence-electron chi connectivity index (χ1n) is 13.2. The summed E-state index contributed by atoms with van der Waals surface area (Å²) >= 11 is 0. The number of benzene rings is 2. The van der Waals surface area contributed by atoms with Gasteiger partial charge in [0.05, 0.1) is 18.3 Å². The molecule has 202 valence electrons. The van der Waals surface area contributed by atoms with Gasteiger partial charge in [0.1, 0.15) is 5.82 Å². The summed E-state index contributed by atoms with van der Waals surface area (Å²) in [5, 5.41) is 5.32. The van der Waals surface area contributed by atoms with Crippen LogP contribution in [0.15, 0.2) is 78.3 Å². The number of aldehydes is 1. The van der Waals surface area contributed by atoms with E-state index in [4.69, 9.17) is 9.97 Å². The highest BCUT2D eigenvalue weighted by Crippen LogP contribution is 2.31. The molecule has 2 aromatic heterocycles. The lowest BCUT2D eigenvalue weighted by atomic mass is 9.84. The minimum Gasteiger partial charge on any atom is -0.371 e. The van der Waals surface area contributed by atoms with Crippen molar-refractivity contribution in [1.82, 2.24) is 24.6 Å². The van der Waals surface area contributed by atoms with Gasteiger partial charge in [-0.15, -0.1) is 0 Å². The molecule has 0 aliphatic carbocycles. The maximum absolute atomic E-state index is 11.6.